The van der Waals surface area contributed by atoms with Crippen molar-refractivity contribution in [1.29, 1.82) is 0 Å². The Morgan fingerprint density at radius 3 is 2.71 bits per heavy atom. The van der Waals surface area contributed by atoms with Crippen LogP contribution in [-0.4, -0.2) is 32.6 Å². The first-order valence-electron chi connectivity index (χ1n) is 12.2. The molecule has 0 aliphatic carbocycles. The van der Waals surface area contributed by atoms with Gasteiger partial charge in [-0.15, -0.1) is 0 Å². The van der Waals surface area contributed by atoms with Crippen LogP contribution in [0.25, 0.3) is 0 Å². The van der Waals surface area contributed by atoms with Crippen molar-refractivity contribution in [3.05, 3.63) is 110 Å². The van der Waals surface area contributed by atoms with E-state index in [0.717, 1.165) is 29.8 Å². The standard InChI is InChI=1S/C29H24ClN3O3S2/c30-22-5-2-1-4-21(22)27-24(35)15-29(33(37)28(27)36,20-11-13-38-17-20)25-6-3-7-26(31-25)32-12-10-19-9-8-18(16-34)14-23(19)32/h1-9,11,13-14,17,27,34,37H,10,12,15-16H2. The van der Waals surface area contributed by atoms with E-state index in [-0.39, 0.29) is 18.8 Å². The Labute approximate surface area is 235 Å². The smallest absolute Gasteiger partial charge is 0.248 e. The van der Waals surface area contributed by atoms with Gasteiger partial charge >= 0.3 is 0 Å². The van der Waals surface area contributed by atoms with E-state index in [2.05, 4.69) is 4.90 Å². The predicted molar refractivity (Wildman–Crippen MR) is 152 cm³/mol. The second kappa shape index (κ2) is 9.85. The maximum atomic E-state index is 13.9. The van der Waals surface area contributed by atoms with Gasteiger partial charge in [0.25, 0.3) is 0 Å². The number of halogens is 1. The number of benzene rings is 2. The number of carbonyl (C=O) groups is 2. The monoisotopic (exact) mass is 561 g/mol. The Bertz CT molecular complexity index is 1540. The van der Waals surface area contributed by atoms with Crippen LogP contribution >= 0.6 is 35.8 Å². The number of piperidine rings is 1. The fraction of sp³-hybridized carbons (Fsp3) is 0.207. The molecule has 4 heterocycles. The van der Waals surface area contributed by atoms with Crippen molar-refractivity contribution in [3.63, 3.8) is 0 Å². The number of rotatable bonds is 5. The summed E-state index contributed by atoms with van der Waals surface area (Å²) in [5, 5.41) is 13.9. The molecule has 0 saturated carbocycles. The third kappa shape index (κ3) is 3.94. The summed E-state index contributed by atoms with van der Waals surface area (Å²) in [5.41, 5.74) is 3.67. The molecular formula is C29H24ClN3O3S2. The normalized spacial score (nSPS) is 21.2. The topological polar surface area (TPSA) is 73.7 Å². The SMILES string of the molecule is O=C1CC(c2ccsc2)(c2cccc(N3CCc4ccc(CO)cc43)n2)N(S)C(=O)C1c1ccccc1Cl. The molecule has 0 bridgehead atoms. The molecule has 1 amide bonds. The molecule has 9 heteroatoms. The summed E-state index contributed by atoms with van der Waals surface area (Å²) in [7, 11) is 0. The summed E-state index contributed by atoms with van der Waals surface area (Å²) in [6.07, 6.45) is 0.869. The van der Waals surface area contributed by atoms with Gasteiger partial charge in [-0.1, -0.05) is 60.8 Å². The van der Waals surface area contributed by atoms with Crippen LogP contribution in [0.3, 0.4) is 0 Å². The van der Waals surface area contributed by atoms with E-state index in [4.69, 9.17) is 29.4 Å². The zero-order valence-corrected chi connectivity index (χ0v) is 22.7. The summed E-state index contributed by atoms with van der Waals surface area (Å²) in [4.78, 5) is 34.8. The van der Waals surface area contributed by atoms with Crippen LogP contribution in [0.2, 0.25) is 5.02 Å². The lowest BCUT2D eigenvalue weighted by Gasteiger charge is -2.45. The Balaban J connectivity index is 1.45. The van der Waals surface area contributed by atoms with E-state index in [1.165, 1.54) is 21.2 Å². The van der Waals surface area contributed by atoms with E-state index in [1.807, 2.05) is 53.2 Å². The number of aromatic nitrogens is 1. The highest BCUT2D eigenvalue weighted by Crippen LogP contribution is 2.48. The van der Waals surface area contributed by atoms with Crippen molar-refractivity contribution < 1.29 is 14.7 Å². The van der Waals surface area contributed by atoms with Crippen LogP contribution < -0.4 is 4.90 Å². The number of carbonyl (C=O) groups excluding carboxylic acids is 2. The molecule has 2 aliphatic heterocycles. The summed E-state index contributed by atoms with van der Waals surface area (Å²) in [6, 6.07) is 20.5. The number of aliphatic hydroxyl groups is 1. The number of ketones is 1. The van der Waals surface area contributed by atoms with Gasteiger partial charge in [-0.05, 0) is 69.8 Å². The lowest BCUT2D eigenvalue weighted by Crippen LogP contribution is -2.54. The van der Waals surface area contributed by atoms with E-state index >= 15 is 0 Å². The first kappa shape index (κ1) is 25.1. The highest BCUT2D eigenvalue weighted by molar-refractivity contribution is 7.78. The molecule has 6 rings (SSSR count). The number of aliphatic hydroxyl groups excluding tert-OH is 1. The van der Waals surface area contributed by atoms with Gasteiger partial charge in [-0.2, -0.15) is 11.3 Å². The highest BCUT2D eigenvalue weighted by Gasteiger charge is 2.53. The zero-order valence-electron chi connectivity index (χ0n) is 20.3. The molecular weight excluding hydrogens is 538 g/mol. The molecule has 1 fully saturated rings. The number of pyridine rings is 1. The van der Waals surface area contributed by atoms with Crippen LogP contribution in [0.4, 0.5) is 11.5 Å². The zero-order chi connectivity index (χ0) is 26.4. The summed E-state index contributed by atoms with van der Waals surface area (Å²) < 4.78 is 1.37. The average molecular weight is 562 g/mol. The van der Waals surface area contributed by atoms with Gasteiger partial charge in [0.05, 0.1) is 12.3 Å². The van der Waals surface area contributed by atoms with Crippen LogP contribution in [0.15, 0.2) is 77.5 Å². The number of fused-ring (bicyclic) bond motifs is 1. The lowest BCUT2D eigenvalue weighted by molar-refractivity contribution is -0.142. The molecule has 2 aliphatic rings. The maximum Gasteiger partial charge on any atom is 0.248 e. The molecule has 192 valence electrons. The minimum Gasteiger partial charge on any atom is -0.392 e. The van der Waals surface area contributed by atoms with E-state index in [9.17, 15) is 14.7 Å². The van der Waals surface area contributed by atoms with Gasteiger partial charge in [0, 0.05) is 23.7 Å². The van der Waals surface area contributed by atoms with Crippen molar-refractivity contribution in [1.82, 2.24) is 9.29 Å². The van der Waals surface area contributed by atoms with Crippen molar-refractivity contribution in [2.75, 3.05) is 11.4 Å². The number of anilines is 2. The van der Waals surface area contributed by atoms with Crippen LogP contribution in [0, 0.1) is 0 Å². The van der Waals surface area contributed by atoms with E-state index in [1.54, 1.807) is 24.3 Å². The molecule has 0 spiro atoms. The Morgan fingerprint density at radius 2 is 1.95 bits per heavy atom. The number of thiophene rings is 1. The number of amides is 1. The summed E-state index contributed by atoms with van der Waals surface area (Å²) >= 11 is 12.6. The molecule has 38 heavy (non-hydrogen) atoms. The quantitative estimate of drug-likeness (QED) is 0.243. The molecule has 2 unspecified atom stereocenters. The largest absolute Gasteiger partial charge is 0.392 e. The Morgan fingerprint density at radius 1 is 1.11 bits per heavy atom. The molecule has 1 saturated heterocycles. The van der Waals surface area contributed by atoms with Gasteiger partial charge in [-0.3, -0.25) is 13.9 Å². The number of Topliss-reactive ketones (excluding diaryl/α,β-unsaturated/α-hetero) is 1. The Kier molecular flexibility index (Phi) is 6.52. The van der Waals surface area contributed by atoms with Gasteiger partial charge in [0.1, 0.15) is 17.3 Å². The molecule has 2 atom stereocenters. The predicted octanol–water partition coefficient (Wildman–Crippen LogP) is 5.66. The highest BCUT2D eigenvalue weighted by atomic mass is 35.5. The second-order valence-electron chi connectivity index (χ2n) is 9.52. The molecule has 2 aromatic heterocycles. The van der Waals surface area contributed by atoms with E-state index in [0.29, 0.717) is 22.1 Å². The first-order valence-corrected chi connectivity index (χ1v) is 14.0. The average Bonchev–Trinajstić information content (AvgIpc) is 3.62. The van der Waals surface area contributed by atoms with Gasteiger partial charge in [0.15, 0.2) is 5.78 Å². The number of thiol groups is 1. The van der Waals surface area contributed by atoms with Gasteiger partial charge in [0.2, 0.25) is 5.91 Å². The van der Waals surface area contributed by atoms with Gasteiger partial charge < -0.3 is 10.0 Å². The summed E-state index contributed by atoms with van der Waals surface area (Å²) in [5.74, 6) is -0.986. The minimum atomic E-state index is -1.18. The molecule has 2 aromatic carbocycles. The van der Waals surface area contributed by atoms with Crippen LogP contribution in [-0.2, 0) is 28.2 Å². The molecule has 6 nitrogen and oxygen atoms in total. The van der Waals surface area contributed by atoms with Crippen LogP contribution in [0.5, 0.6) is 0 Å². The maximum absolute atomic E-state index is 13.9. The lowest BCUT2D eigenvalue weighted by atomic mass is 9.74. The number of hydrogen-bond donors (Lipinski definition) is 2. The molecule has 0 radical (unpaired) electrons. The van der Waals surface area contributed by atoms with Crippen molar-refractivity contribution in [3.8, 4) is 0 Å². The minimum absolute atomic E-state index is 0.0105. The Hall–Kier alpha value is -3.17. The van der Waals surface area contributed by atoms with Crippen molar-refractivity contribution >= 4 is 58.9 Å². The van der Waals surface area contributed by atoms with Crippen molar-refractivity contribution in [2.45, 2.75) is 30.9 Å². The van der Waals surface area contributed by atoms with E-state index < -0.39 is 17.4 Å². The number of hydrogen-bond acceptors (Lipinski definition) is 7. The third-order valence-corrected chi connectivity index (χ3v) is 9.01. The summed E-state index contributed by atoms with van der Waals surface area (Å²) in [6.45, 7) is 0.699. The third-order valence-electron chi connectivity index (χ3n) is 7.45. The van der Waals surface area contributed by atoms with Gasteiger partial charge in [-0.25, -0.2) is 4.98 Å². The molecule has 4 aromatic rings. The first-order chi connectivity index (χ1) is 18.4. The fourth-order valence-electron chi connectivity index (χ4n) is 5.53. The number of nitrogens with zero attached hydrogens (tertiary/aromatic N) is 3. The van der Waals surface area contributed by atoms with Crippen LogP contribution in [0.1, 0.15) is 40.3 Å². The molecule has 1 N–H and O–H groups in total. The fourth-order valence-corrected chi connectivity index (χ4v) is 6.90. The second-order valence-corrected chi connectivity index (χ2v) is 11.1. The van der Waals surface area contributed by atoms with Crippen molar-refractivity contribution in [2.24, 2.45) is 0 Å².